The van der Waals surface area contributed by atoms with Crippen LogP contribution in [0.25, 0.3) is 21.0 Å². The average molecular weight is 352 g/mol. The molecule has 8 heteroatoms. The van der Waals surface area contributed by atoms with Crippen LogP contribution in [0.15, 0.2) is 59.1 Å². The van der Waals surface area contributed by atoms with Gasteiger partial charge in [0.15, 0.2) is 16.5 Å². The minimum Gasteiger partial charge on any atom is -0.448 e. The quantitative estimate of drug-likeness (QED) is 0.494. The van der Waals surface area contributed by atoms with Crippen LogP contribution in [0.3, 0.4) is 0 Å². The zero-order valence-electron chi connectivity index (χ0n) is 12.8. The van der Waals surface area contributed by atoms with Gasteiger partial charge in [-0.25, -0.2) is 4.98 Å². The summed E-state index contributed by atoms with van der Waals surface area (Å²) < 4.78 is 6.60. The molecule has 0 aliphatic carbocycles. The van der Waals surface area contributed by atoms with Gasteiger partial charge in [0.05, 0.1) is 10.2 Å². The summed E-state index contributed by atoms with van der Waals surface area (Å²) in [6.07, 6.45) is 1.62. The van der Waals surface area contributed by atoms with Crippen LogP contribution in [0.1, 0.15) is 21.0 Å². The summed E-state index contributed by atoms with van der Waals surface area (Å²) >= 11 is 1.48. The van der Waals surface area contributed by atoms with E-state index in [-0.39, 0.29) is 5.76 Å². The molecule has 4 aromatic rings. The van der Waals surface area contributed by atoms with E-state index in [2.05, 4.69) is 20.8 Å². The smallest absolute Gasteiger partial charge is 0.305 e. The number of hydrazine groups is 1. The maximum atomic E-state index is 12.1. The number of benzene rings is 1. The van der Waals surface area contributed by atoms with E-state index in [0.29, 0.717) is 16.5 Å². The summed E-state index contributed by atoms with van der Waals surface area (Å²) in [4.78, 5) is 31.1. The Morgan fingerprint density at radius 2 is 1.84 bits per heavy atom. The number of aromatic nitrogens is 2. The Balaban J connectivity index is 1.47. The van der Waals surface area contributed by atoms with Crippen LogP contribution in [0.2, 0.25) is 0 Å². The fourth-order valence-corrected chi connectivity index (χ4v) is 3.19. The van der Waals surface area contributed by atoms with Gasteiger partial charge < -0.3 is 9.40 Å². The number of furan rings is 1. The molecule has 0 radical (unpaired) electrons. The molecule has 0 unspecified atom stereocenters. The highest BCUT2D eigenvalue weighted by Gasteiger charge is 2.16. The molecule has 0 atom stereocenters. The van der Waals surface area contributed by atoms with Crippen molar-refractivity contribution in [1.82, 2.24) is 20.8 Å². The molecule has 0 spiro atoms. The number of H-pyrrole nitrogens is 1. The van der Waals surface area contributed by atoms with Crippen LogP contribution in [-0.2, 0) is 0 Å². The second-order valence-corrected chi connectivity index (χ2v) is 6.17. The van der Waals surface area contributed by atoms with Gasteiger partial charge in [-0.1, -0.05) is 12.1 Å². The van der Waals surface area contributed by atoms with Gasteiger partial charge in [0.2, 0.25) is 0 Å². The molecule has 25 heavy (non-hydrogen) atoms. The molecule has 0 fully saturated rings. The topological polar surface area (TPSA) is 100 Å². The van der Waals surface area contributed by atoms with Crippen LogP contribution in [0.4, 0.5) is 0 Å². The molecular formula is C17H12N4O3S. The molecule has 3 aromatic heterocycles. The van der Waals surface area contributed by atoms with Crippen molar-refractivity contribution in [3.8, 4) is 10.8 Å². The predicted molar refractivity (Wildman–Crippen MR) is 93.0 cm³/mol. The van der Waals surface area contributed by atoms with E-state index in [1.807, 2.05) is 24.3 Å². The van der Waals surface area contributed by atoms with Crippen molar-refractivity contribution in [2.75, 3.05) is 0 Å². The fourth-order valence-electron chi connectivity index (χ4n) is 2.27. The summed E-state index contributed by atoms with van der Waals surface area (Å²) in [7, 11) is 0. The van der Waals surface area contributed by atoms with Crippen LogP contribution < -0.4 is 10.9 Å². The molecule has 7 nitrogen and oxygen atoms in total. The number of carbonyl (C=O) groups is 2. The van der Waals surface area contributed by atoms with E-state index in [9.17, 15) is 9.59 Å². The van der Waals surface area contributed by atoms with Crippen molar-refractivity contribution in [1.29, 1.82) is 0 Å². The summed E-state index contributed by atoms with van der Waals surface area (Å²) in [5.74, 6) is -0.411. The van der Waals surface area contributed by atoms with Gasteiger partial charge in [-0.3, -0.25) is 20.4 Å². The zero-order valence-corrected chi connectivity index (χ0v) is 13.6. The highest BCUT2D eigenvalue weighted by molar-refractivity contribution is 7.21. The summed E-state index contributed by atoms with van der Waals surface area (Å²) in [6, 6.07) is 14.3. The highest BCUT2D eigenvalue weighted by atomic mass is 32.1. The molecule has 1 aromatic carbocycles. The fraction of sp³-hybridized carbons (Fsp3) is 0. The van der Waals surface area contributed by atoms with Crippen molar-refractivity contribution in [3.63, 3.8) is 0 Å². The van der Waals surface area contributed by atoms with Crippen molar-refractivity contribution in [2.24, 2.45) is 0 Å². The number of hydrogen-bond acceptors (Lipinski definition) is 5. The van der Waals surface area contributed by atoms with E-state index in [1.54, 1.807) is 24.4 Å². The molecular weight excluding hydrogens is 340 g/mol. The van der Waals surface area contributed by atoms with E-state index < -0.39 is 11.8 Å². The van der Waals surface area contributed by atoms with E-state index in [4.69, 9.17) is 4.42 Å². The van der Waals surface area contributed by atoms with Crippen molar-refractivity contribution >= 4 is 33.4 Å². The molecule has 0 aliphatic heterocycles. The lowest BCUT2D eigenvalue weighted by atomic mass is 10.3. The highest BCUT2D eigenvalue weighted by Crippen LogP contribution is 2.30. The Morgan fingerprint density at radius 1 is 1.00 bits per heavy atom. The number of fused-ring (bicyclic) bond motifs is 1. The van der Waals surface area contributed by atoms with Crippen LogP contribution in [-0.4, -0.2) is 21.8 Å². The van der Waals surface area contributed by atoms with Crippen LogP contribution >= 0.6 is 11.3 Å². The van der Waals surface area contributed by atoms with Gasteiger partial charge in [-0.05, 0) is 36.4 Å². The maximum Gasteiger partial charge on any atom is 0.305 e. The number of thiazole rings is 1. The zero-order chi connectivity index (χ0) is 17.2. The minimum atomic E-state index is -0.549. The molecule has 0 aliphatic rings. The van der Waals surface area contributed by atoms with Crippen molar-refractivity contribution in [2.45, 2.75) is 0 Å². The molecule has 3 N–H and O–H groups in total. The lowest BCUT2D eigenvalue weighted by Crippen LogP contribution is -2.41. The lowest BCUT2D eigenvalue weighted by molar-refractivity contribution is 0.0829. The molecule has 124 valence electrons. The Morgan fingerprint density at radius 3 is 2.64 bits per heavy atom. The normalized spacial score (nSPS) is 10.7. The molecule has 4 rings (SSSR count). The molecule has 3 heterocycles. The first kappa shape index (κ1) is 15.2. The van der Waals surface area contributed by atoms with E-state index in [0.717, 1.165) is 10.2 Å². The molecule has 0 saturated heterocycles. The van der Waals surface area contributed by atoms with E-state index >= 15 is 0 Å². The number of para-hydroxylation sites is 1. The maximum absolute atomic E-state index is 12.1. The van der Waals surface area contributed by atoms with Gasteiger partial charge in [0.25, 0.3) is 5.91 Å². The summed E-state index contributed by atoms with van der Waals surface area (Å²) in [5.41, 5.74) is 5.84. The predicted octanol–water partition coefficient (Wildman–Crippen LogP) is 2.96. The minimum absolute atomic E-state index is 0.0843. The van der Waals surface area contributed by atoms with Crippen molar-refractivity contribution in [3.05, 3.63) is 66.2 Å². The number of rotatable bonds is 3. The molecule has 2 amide bonds. The first-order chi connectivity index (χ1) is 12.2. The molecule has 0 bridgehead atoms. The number of hydrogen-bond donors (Lipinski definition) is 3. The van der Waals surface area contributed by atoms with Crippen LogP contribution in [0, 0.1) is 0 Å². The number of carbonyl (C=O) groups excluding carboxylic acids is 2. The van der Waals surface area contributed by atoms with Gasteiger partial charge >= 0.3 is 5.91 Å². The van der Waals surface area contributed by atoms with Gasteiger partial charge in [-0.2, -0.15) is 0 Å². The second-order valence-electron chi connectivity index (χ2n) is 5.14. The number of nitrogens with zero attached hydrogens (tertiary/aromatic N) is 1. The Kier molecular flexibility index (Phi) is 3.79. The van der Waals surface area contributed by atoms with E-state index in [1.165, 1.54) is 17.4 Å². The summed E-state index contributed by atoms with van der Waals surface area (Å²) in [6.45, 7) is 0. The Hall–Kier alpha value is -3.39. The number of amides is 2. The third kappa shape index (κ3) is 3.02. The van der Waals surface area contributed by atoms with Gasteiger partial charge in [-0.15, -0.1) is 11.3 Å². The number of aromatic amines is 1. The van der Waals surface area contributed by atoms with Gasteiger partial charge in [0.1, 0.15) is 5.69 Å². The number of nitrogens with one attached hydrogen (secondary N) is 3. The SMILES string of the molecule is O=C(NNC(=O)c1ccc(-c2nc3ccccc3s2)o1)c1ccc[nH]1. The third-order valence-corrected chi connectivity index (χ3v) is 4.52. The first-order valence-electron chi connectivity index (χ1n) is 7.40. The van der Waals surface area contributed by atoms with Crippen molar-refractivity contribution < 1.29 is 14.0 Å². The molecule has 0 saturated carbocycles. The third-order valence-electron chi connectivity index (χ3n) is 3.47. The average Bonchev–Trinajstić information content (AvgIpc) is 3.38. The Bertz CT molecular complexity index is 1020. The van der Waals surface area contributed by atoms with Gasteiger partial charge in [0, 0.05) is 6.20 Å². The largest absolute Gasteiger partial charge is 0.448 e. The summed E-state index contributed by atoms with van der Waals surface area (Å²) in [5, 5.41) is 0.690. The Labute approximate surface area is 145 Å². The lowest BCUT2D eigenvalue weighted by Gasteiger charge is -2.04. The first-order valence-corrected chi connectivity index (χ1v) is 8.22. The monoisotopic (exact) mass is 352 g/mol. The standard InChI is InChI=1S/C17H12N4O3S/c22-15(11-5-3-9-18-11)20-21-16(23)12-7-8-13(24-12)17-19-10-4-1-2-6-14(10)25-17/h1-9,18H,(H,20,22)(H,21,23). The second kappa shape index (κ2) is 6.25. The van der Waals surface area contributed by atoms with Crippen LogP contribution in [0.5, 0.6) is 0 Å².